The second kappa shape index (κ2) is 7.00. The van der Waals surface area contributed by atoms with Gasteiger partial charge in [-0.2, -0.15) is 4.31 Å². The molecule has 0 spiro atoms. The van der Waals surface area contributed by atoms with Gasteiger partial charge in [-0.1, -0.05) is 6.92 Å². The molecular weight excluding hydrogens is 314 g/mol. The van der Waals surface area contributed by atoms with Crippen molar-refractivity contribution in [2.24, 2.45) is 0 Å². The first-order valence-corrected chi connectivity index (χ1v) is 10.0. The zero-order valence-electron chi connectivity index (χ0n) is 13.7. The molecule has 0 radical (unpaired) electrons. The van der Waals surface area contributed by atoms with Gasteiger partial charge in [0.25, 0.3) is 0 Å². The van der Waals surface area contributed by atoms with Crippen LogP contribution in [0, 0.1) is 0 Å². The van der Waals surface area contributed by atoms with Crippen LogP contribution in [0.25, 0.3) is 0 Å². The maximum atomic E-state index is 12.1. The Hall–Kier alpha value is -1.41. The van der Waals surface area contributed by atoms with E-state index in [0.29, 0.717) is 32.6 Å². The van der Waals surface area contributed by atoms with Crippen LogP contribution in [0.4, 0.5) is 11.6 Å². The van der Waals surface area contributed by atoms with E-state index in [1.807, 2.05) is 13.0 Å². The third-order valence-electron chi connectivity index (χ3n) is 4.49. The zero-order chi connectivity index (χ0) is 16.3. The van der Waals surface area contributed by atoms with Crippen molar-refractivity contribution >= 4 is 21.7 Å². The molecule has 0 N–H and O–H groups in total. The molecule has 2 aliphatic rings. The molecule has 1 aromatic rings. The number of anilines is 2. The van der Waals surface area contributed by atoms with Crippen molar-refractivity contribution in [1.82, 2.24) is 14.3 Å². The lowest BCUT2D eigenvalue weighted by Gasteiger charge is -2.34. The number of nitrogens with zero attached hydrogens (tertiary/aromatic N) is 5. The van der Waals surface area contributed by atoms with Crippen molar-refractivity contribution in [3.05, 3.63) is 12.4 Å². The topological polar surface area (TPSA) is 69.6 Å². The number of rotatable bonds is 5. The second-order valence-electron chi connectivity index (χ2n) is 6.13. The molecule has 0 atom stereocenters. The fourth-order valence-corrected chi connectivity index (χ4v) is 4.71. The zero-order valence-corrected chi connectivity index (χ0v) is 14.5. The summed E-state index contributed by atoms with van der Waals surface area (Å²) in [6, 6.07) is 2.03. The van der Waals surface area contributed by atoms with E-state index in [1.54, 1.807) is 10.6 Å². The number of sulfonamides is 1. The van der Waals surface area contributed by atoms with E-state index in [9.17, 15) is 8.42 Å². The van der Waals surface area contributed by atoms with Crippen LogP contribution in [0.1, 0.15) is 26.2 Å². The van der Waals surface area contributed by atoms with Gasteiger partial charge in [-0.3, -0.25) is 0 Å². The van der Waals surface area contributed by atoms with Crippen molar-refractivity contribution in [2.75, 3.05) is 54.8 Å². The Morgan fingerprint density at radius 2 is 1.52 bits per heavy atom. The van der Waals surface area contributed by atoms with Crippen molar-refractivity contribution in [3.63, 3.8) is 0 Å². The van der Waals surface area contributed by atoms with Crippen LogP contribution in [0.2, 0.25) is 0 Å². The quantitative estimate of drug-likeness (QED) is 0.795. The summed E-state index contributed by atoms with van der Waals surface area (Å²) in [4.78, 5) is 13.2. The standard InChI is InChI=1S/C15H25N5O2S/c1-2-11-23(21,22)20-9-7-19(8-10-20)15-12-14(16-13-17-15)18-5-3-4-6-18/h12-13H,2-11H2,1H3. The molecule has 3 rings (SSSR count). The van der Waals surface area contributed by atoms with E-state index in [4.69, 9.17) is 0 Å². The highest BCUT2D eigenvalue weighted by Crippen LogP contribution is 2.22. The summed E-state index contributed by atoms with van der Waals surface area (Å²) in [7, 11) is -3.09. The monoisotopic (exact) mass is 339 g/mol. The third kappa shape index (κ3) is 3.74. The molecule has 0 aromatic carbocycles. The Morgan fingerprint density at radius 1 is 0.957 bits per heavy atom. The van der Waals surface area contributed by atoms with Crippen LogP contribution in [0.15, 0.2) is 12.4 Å². The molecule has 128 valence electrons. The summed E-state index contributed by atoms with van der Waals surface area (Å²) in [6.07, 6.45) is 4.71. The molecule has 2 saturated heterocycles. The highest BCUT2D eigenvalue weighted by atomic mass is 32.2. The van der Waals surface area contributed by atoms with Gasteiger partial charge >= 0.3 is 0 Å². The number of hydrogen-bond donors (Lipinski definition) is 0. The number of piperazine rings is 1. The number of hydrogen-bond acceptors (Lipinski definition) is 6. The number of aromatic nitrogens is 2. The first kappa shape index (κ1) is 16.4. The highest BCUT2D eigenvalue weighted by molar-refractivity contribution is 7.89. The lowest BCUT2D eigenvalue weighted by Crippen LogP contribution is -2.49. The average Bonchev–Trinajstić information content (AvgIpc) is 3.10. The molecule has 0 amide bonds. The molecule has 2 fully saturated rings. The molecule has 0 unspecified atom stereocenters. The van der Waals surface area contributed by atoms with E-state index in [-0.39, 0.29) is 5.75 Å². The van der Waals surface area contributed by atoms with Crippen molar-refractivity contribution in [2.45, 2.75) is 26.2 Å². The summed E-state index contributed by atoms with van der Waals surface area (Å²) in [6.45, 7) is 6.43. The van der Waals surface area contributed by atoms with E-state index in [2.05, 4.69) is 19.8 Å². The van der Waals surface area contributed by atoms with Crippen molar-refractivity contribution in [1.29, 1.82) is 0 Å². The minimum absolute atomic E-state index is 0.236. The SMILES string of the molecule is CCCS(=O)(=O)N1CCN(c2cc(N3CCCC3)ncn2)CC1. The maximum Gasteiger partial charge on any atom is 0.214 e. The minimum Gasteiger partial charge on any atom is -0.356 e. The summed E-state index contributed by atoms with van der Waals surface area (Å²) in [5, 5.41) is 0. The predicted molar refractivity (Wildman–Crippen MR) is 91.3 cm³/mol. The smallest absolute Gasteiger partial charge is 0.214 e. The van der Waals surface area contributed by atoms with Gasteiger partial charge in [-0.15, -0.1) is 0 Å². The van der Waals surface area contributed by atoms with Crippen molar-refractivity contribution < 1.29 is 8.42 Å². The van der Waals surface area contributed by atoms with E-state index >= 15 is 0 Å². The van der Waals surface area contributed by atoms with Crippen LogP contribution in [0.5, 0.6) is 0 Å². The molecule has 8 heteroatoms. The van der Waals surface area contributed by atoms with Crippen LogP contribution in [0.3, 0.4) is 0 Å². The average molecular weight is 339 g/mol. The fraction of sp³-hybridized carbons (Fsp3) is 0.733. The molecule has 3 heterocycles. The third-order valence-corrected chi connectivity index (χ3v) is 6.56. The van der Waals surface area contributed by atoms with Gasteiger partial charge in [-0.05, 0) is 19.3 Å². The maximum absolute atomic E-state index is 12.1. The second-order valence-corrected chi connectivity index (χ2v) is 8.22. The molecule has 1 aromatic heterocycles. The highest BCUT2D eigenvalue weighted by Gasteiger charge is 2.27. The van der Waals surface area contributed by atoms with Crippen LogP contribution < -0.4 is 9.80 Å². The van der Waals surface area contributed by atoms with Crippen LogP contribution >= 0.6 is 0 Å². The minimum atomic E-state index is -3.09. The Kier molecular flexibility index (Phi) is 5.01. The molecule has 0 aliphatic carbocycles. The molecule has 0 bridgehead atoms. The molecular formula is C15H25N5O2S. The van der Waals surface area contributed by atoms with Crippen molar-refractivity contribution in [3.8, 4) is 0 Å². The van der Waals surface area contributed by atoms with Gasteiger partial charge in [0.1, 0.15) is 18.0 Å². The first-order valence-electron chi connectivity index (χ1n) is 8.40. The van der Waals surface area contributed by atoms with Gasteiger partial charge in [0, 0.05) is 45.3 Å². The molecule has 7 nitrogen and oxygen atoms in total. The fourth-order valence-electron chi connectivity index (χ4n) is 3.21. The van der Waals surface area contributed by atoms with Gasteiger partial charge in [0.2, 0.25) is 10.0 Å². The van der Waals surface area contributed by atoms with Crippen LogP contribution in [-0.4, -0.2) is 67.7 Å². The van der Waals surface area contributed by atoms with E-state index < -0.39 is 10.0 Å². The first-order chi connectivity index (χ1) is 11.1. The molecule has 0 saturated carbocycles. The molecule has 2 aliphatic heterocycles. The van der Waals surface area contributed by atoms with E-state index in [0.717, 1.165) is 24.7 Å². The van der Waals surface area contributed by atoms with Gasteiger partial charge in [0.05, 0.1) is 5.75 Å². The summed E-state index contributed by atoms with van der Waals surface area (Å²) < 4.78 is 25.9. The normalized spacial score (nSPS) is 20.2. The van der Waals surface area contributed by atoms with Gasteiger partial charge in [0.15, 0.2) is 0 Å². The largest absolute Gasteiger partial charge is 0.356 e. The van der Waals surface area contributed by atoms with E-state index in [1.165, 1.54) is 12.8 Å². The Bertz CT molecular complexity index is 623. The van der Waals surface area contributed by atoms with Gasteiger partial charge < -0.3 is 9.80 Å². The summed E-state index contributed by atoms with van der Waals surface area (Å²) in [5.41, 5.74) is 0. The Balaban J connectivity index is 1.65. The van der Waals surface area contributed by atoms with Crippen LogP contribution in [-0.2, 0) is 10.0 Å². The lowest BCUT2D eigenvalue weighted by molar-refractivity contribution is 0.383. The Labute approximate surface area is 138 Å². The van der Waals surface area contributed by atoms with Gasteiger partial charge in [-0.25, -0.2) is 18.4 Å². The summed E-state index contributed by atoms with van der Waals surface area (Å²) >= 11 is 0. The lowest BCUT2D eigenvalue weighted by atomic mass is 10.3. The Morgan fingerprint density at radius 3 is 2.09 bits per heavy atom. The summed E-state index contributed by atoms with van der Waals surface area (Å²) in [5.74, 6) is 2.11. The predicted octanol–water partition coefficient (Wildman–Crippen LogP) is 0.939. The molecule has 23 heavy (non-hydrogen) atoms.